The van der Waals surface area contributed by atoms with Gasteiger partial charge in [-0.2, -0.15) is 0 Å². The molecular formula is C72H143N2O7P. The molecule has 0 aliphatic rings. The summed E-state index contributed by atoms with van der Waals surface area (Å²) in [5.74, 6) is -0.513. The molecule has 0 saturated carbocycles. The number of carbonyl (C=O) groups is 2. The molecule has 10 heteroatoms. The number of ether oxygens (including phenoxy) is 1. The summed E-state index contributed by atoms with van der Waals surface area (Å²) in [5.41, 5.74) is 0. The molecule has 0 bridgehead atoms. The molecule has 0 saturated heterocycles. The van der Waals surface area contributed by atoms with Gasteiger partial charge >= 0.3 is 5.97 Å². The third kappa shape index (κ3) is 63.3. The van der Waals surface area contributed by atoms with Gasteiger partial charge in [-0.15, -0.1) is 0 Å². The fourth-order valence-corrected chi connectivity index (χ4v) is 12.1. The predicted molar refractivity (Wildman–Crippen MR) is 354 cm³/mol. The first-order valence-electron chi connectivity index (χ1n) is 36.5. The SMILES string of the molecule is CCCCCCCCCCCC/C=C\C(OC(=O)CCCCCCCCCCCCCCCCCCCCCCCCCCCCC)C(COP(=O)([O-])OCC[N+](C)(C)C)NC(=O)CCCCCCCCCCCCCCCCCCC. The third-order valence-corrected chi connectivity index (χ3v) is 17.9. The monoisotopic (exact) mass is 1180 g/mol. The van der Waals surface area contributed by atoms with Crippen LogP contribution in [0.1, 0.15) is 387 Å². The van der Waals surface area contributed by atoms with Crippen LogP contribution in [0.25, 0.3) is 0 Å². The number of phosphoric ester groups is 1. The lowest BCUT2D eigenvalue weighted by Gasteiger charge is -2.30. The third-order valence-electron chi connectivity index (χ3n) is 17.0. The summed E-state index contributed by atoms with van der Waals surface area (Å²) in [5, 5.41) is 3.05. The van der Waals surface area contributed by atoms with Crippen molar-refractivity contribution in [1.82, 2.24) is 5.32 Å². The van der Waals surface area contributed by atoms with E-state index >= 15 is 0 Å². The molecule has 3 atom stereocenters. The van der Waals surface area contributed by atoms with Crippen molar-refractivity contribution in [3.8, 4) is 0 Å². The minimum atomic E-state index is -4.70. The first-order valence-corrected chi connectivity index (χ1v) is 38.0. The molecule has 0 aromatic rings. The van der Waals surface area contributed by atoms with Crippen LogP contribution in [0.4, 0.5) is 0 Å². The maximum Gasteiger partial charge on any atom is 0.306 e. The molecule has 0 aliphatic carbocycles. The van der Waals surface area contributed by atoms with E-state index in [0.717, 1.165) is 57.8 Å². The Bertz CT molecular complexity index is 1410. The van der Waals surface area contributed by atoms with Crippen LogP contribution in [0.5, 0.6) is 0 Å². The Labute approximate surface area is 511 Å². The van der Waals surface area contributed by atoms with Crippen LogP contribution in [0.3, 0.4) is 0 Å². The second kappa shape index (κ2) is 62.8. The number of nitrogens with zero attached hydrogens (tertiary/aromatic N) is 1. The molecule has 3 unspecified atom stereocenters. The molecule has 0 fully saturated rings. The van der Waals surface area contributed by atoms with Gasteiger partial charge in [-0.25, -0.2) is 0 Å². The Hall–Kier alpha value is -1.25. The highest BCUT2D eigenvalue weighted by Gasteiger charge is 2.27. The zero-order valence-corrected chi connectivity index (χ0v) is 56.9. The predicted octanol–water partition coefficient (Wildman–Crippen LogP) is 22.4. The van der Waals surface area contributed by atoms with E-state index in [1.54, 1.807) is 0 Å². The van der Waals surface area contributed by atoms with Crippen LogP contribution >= 0.6 is 7.82 Å². The number of phosphoric acid groups is 1. The summed E-state index contributed by atoms with van der Waals surface area (Å²) in [6.45, 7) is 6.92. The Morgan fingerprint density at radius 3 is 1.00 bits per heavy atom. The minimum Gasteiger partial charge on any atom is -0.756 e. The molecule has 9 nitrogen and oxygen atoms in total. The molecule has 0 rings (SSSR count). The lowest BCUT2D eigenvalue weighted by molar-refractivity contribution is -0.870. The normalized spacial score (nSPS) is 13.5. The number of carbonyl (C=O) groups excluding carboxylic acids is 2. The van der Waals surface area contributed by atoms with Gasteiger partial charge in [-0.05, 0) is 31.8 Å². The van der Waals surface area contributed by atoms with E-state index < -0.39 is 20.0 Å². The average molecular weight is 1180 g/mol. The molecular weight excluding hydrogens is 1040 g/mol. The van der Waals surface area contributed by atoms with E-state index in [-0.39, 0.29) is 31.5 Å². The highest BCUT2D eigenvalue weighted by Crippen LogP contribution is 2.38. The Kier molecular flexibility index (Phi) is 61.8. The Morgan fingerprint density at radius 2 is 0.695 bits per heavy atom. The molecule has 82 heavy (non-hydrogen) atoms. The van der Waals surface area contributed by atoms with E-state index in [1.165, 1.54) is 295 Å². The van der Waals surface area contributed by atoms with Crippen molar-refractivity contribution in [2.45, 2.75) is 399 Å². The van der Waals surface area contributed by atoms with E-state index in [9.17, 15) is 19.0 Å². The van der Waals surface area contributed by atoms with Gasteiger partial charge in [-0.1, -0.05) is 354 Å². The summed E-state index contributed by atoms with van der Waals surface area (Å²) in [4.78, 5) is 40.2. The van der Waals surface area contributed by atoms with Crippen LogP contribution in [0.2, 0.25) is 0 Å². The maximum atomic E-state index is 13.6. The van der Waals surface area contributed by atoms with Crippen LogP contribution in [-0.2, 0) is 27.9 Å². The summed E-state index contributed by atoms with van der Waals surface area (Å²) >= 11 is 0. The van der Waals surface area contributed by atoms with Gasteiger partial charge in [0.1, 0.15) is 19.3 Å². The van der Waals surface area contributed by atoms with Crippen molar-refractivity contribution in [3.63, 3.8) is 0 Å². The molecule has 0 aromatic carbocycles. The summed E-state index contributed by atoms with van der Waals surface area (Å²) in [7, 11) is 1.21. The number of hydrogen-bond acceptors (Lipinski definition) is 7. The Balaban J connectivity index is 4.93. The molecule has 1 N–H and O–H groups in total. The van der Waals surface area contributed by atoms with Gasteiger partial charge in [-0.3, -0.25) is 14.2 Å². The fourth-order valence-electron chi connectivity index (χ4n) is 11.4. The zero-order chi connectivity index (χ0) is 60.0. The van der Waals surface area contributed by atoms with Gasteiger partial charge < -0.3 is 28.5 Å². The number of hydrogen-bond donors (Lipinski definition) is 1. The van der Waals surface area contributed by atoms with Gasteiger partial charge in [0.2, 0.25) is 5.91 Å². The number of esters is 1. The lowest BCUT2D eigenvalue weighted by atomic mass is 10.0. The van der Waals surface area contributed by atoms with Gasteiger partial charge in [0, 0.05) is 12.8 Å². The second-order valence-corrected chi connectivity index (χ2v) is 27.9. The van der Waals surface area contributed by atoms with E-state index in [0.29, 0.717) is 17.4 Å². The van der Waals surface area contributed by atoms with Gasteiger partial charge in [0.05, 0.1) is 33.8 Å². The number of allylic oxidation sites excluding steroid dienone is 1. The highest BCUT2D eigenvalue weighted by molar-refractivity contribution is 7.45. The molecule has 0 radical (unpaired) electrons. The molecule has 0 heterocycles. The summed E-state index contributed by atoms with van der Waals surface area (Å²) in [6.07, 6.45) is 74.9. The minimum absolute atomic E-state index is 0.0164. The van der Waals surface area contributed by atoms with E-state index in [2.05, 4.69) is 26.1 Å². The smallest absolute Gasteiger partial charge is 0.306 e. The topological polar surface area (TPSA) is 114 Å². The van der Waals surface area contributed by atoms with Crippen molar-refractivity contribution < 1.29 is 37.3 Å². The number of unbranched alkanes of at least 4 members (excludes halogenated alkanes) is 52. The number of rotatable bonds is 68. The number of quaternary nitrogens is 1. The molecule has 0 spiro atoms. The standard InChI is InChI=1S/C72H143N2O7P/c1-7-10-13-16-19-22-25-28-30-32-33-34-35-36-37-38-39-40-41-43-45-47-50-53-56-59-62-65-72(76)81-70(63-60-57-54-51-48-27-24-21-18-15-12-9-3)69(68-80-82(77,78)79-67-66-74(4,5)6)73-71(75)64-61-58-55-52-49-46-44-42-31-29-26-23-20-17-14-11-8-2/h60,63,69-70H,7-59,61-62,64-68H2,1-6H3,(H-,73,75,77,78)/b63-60-. The van der Waals surface area contributed by atoms with E-state index in [4.69, 9.17) is 13.8 Å². The first kappa shape index (κ1) is 80.8. The molecule has 1 amide bonds. The molecule has 488 valence electrons. The fraction of sp³-hybridized carbons (Fsp3) is 0.944. The van der Waals surface area contributed by atoms with E-state index in [1.807, 2.05) is 33.3 Å². The van der Waals surface area contributed by atoms with Crippen molar-refractivity contribution in [3.05, 3.63) is 12.2 Å². The summed E-state index contributed by atoms with van der Waals surface area (Å²) < 4.78 is 30.5. The molecule has 0 aromatic heterocycles. The number of likely N-dealkylation sites (N-methyl/N-ethyl adjacent to an activating group) is 1. The van der Waals surface area contributed by atoms with Gasteiger partial charge in [0.15, 0.2) is 0 Å². The van der Waals surface area contributed by atoms with Crippen molar-refractivity contribution in [1.29, 1.82) is 0 Å². The van der Waals surface area contributed by atoms with Crippen LogP contribution in [-0.4, -0.2) is 69.4 Å². The maximum absolute atomic E-state index is 13.6. The van der Waals surface area contributed by atoms with Crippen LogP contribution in [0, 0.1) is 0 Å². The molecule has 0 aliphatic heterocycles. The highest BCUT2D eigenvalue weighted by atomic mass is 31.2. The number of amides is 1. The first-order chi connectivity index (χ1) is 39.9. The van der Waals surface area contributed by atoms with Crippen LogP contribution in [0.15, 0.2) is 12.2 Å². The largest absolute Gasteiger partial charge is 0.756 e. The van der Waals surface area contributed by atoms with Gasteiger partial charge in [0.25, 0.3) is 7.82 Å². The quantitative estimate of drug-likeness (QED) is 0.0212. The summed E-state index contributed by atoms with van der Waals surface area (Å²) in [6, 6.07) is -0.880. The van der Waals surface area contributed by atoms with Crippen LogP contribution < -0.4 is 10.2 Å². The Morgan fingerprint density at radius 1 is 0.415 bits per heavy atom. The zero-order valence-electron chi connectivity index (χ0n) is 56.0. The van der Waals surface area contributed by atoms with Crippen molar-refractivity contribution in [2.75, 3.05) is 40.9 Å². The number of nitrogens with one attached hydrogen (secondary N) is 1. The second-order valence-electron chi connectivity index (χ2n) is 26.5. The van der Waals surface area contributed by atoms with Crippen molar-refractivity contribution >= 4 is 19.7 Å². The lowest BCUT2D eigenvalue weighted by Crippen LogP contribution is -2.47. The average Bonchev–Trinajstić information content (AvgIpc) is 3.44. The van der Waals surface area contributed by atoms with Crippen molar-refractivity contribution in [2.24, 2.45) is 0 Å².